The summed E-state index contributed by atoms with van der Waals surface area (Å²) in [4.78, 5) is 0. The molecule has 1 rings (SSSR count). The van der Waals surface area contributed by atoms with Gasteiger partial charge in [0.1, 0.15) is 17.6 Å². The monoisotopic (exact) mass is 195 g/mol. The second-order valence-corrected chi connectivity index (χ2v) is 3.07. The molecule has 1 aromatic rings. The van der Waals surface area contributed by atoms with Gasteiger partial charge in [-0.25, -0.2) is 0 Å². The maximum Gasteiger partial charge on any atom is 0.123 e. The molecule has 78 valence electrons. The van der Waals surface area contributed by atoms with E-state index in [9.17, 15) is 0 Å². The Kier molecular flexibility index (Phi) is 4.26. The Morgan fingerprint density at radius 1 is 1.36 bits per heavy atom. The first-order chi connectivity index (χ1) is 6.76. The van der Waals surface area contributed by atoms with E-state index in [2.05, 4.69) is 0 Å². The molecule has 1 aromatic carbocycles. The zero-order valence-electron chi connectivity index (χ0n) is 8.69. The van der Waals surface area contributed by atoms with Crippen LogP contribution < -0.4 is 15.2 Å². The lowest BCUT2D eigenvalue weighted by molar-refractivity contribution is 0.228. The van der Waals surface area contributed by atoms with Crippen molar-refractivity contribution in [3.63, 3.8) is 0 Å². The maximum atomic E-state index is 5.55. The van der Waals surface area contributed by atoms with Gasteiger partial charge in [0.05, 0.1) is 6.61 Å². The standard InChI is InChI=1S/C11H17NO2/c1-3-13-10-5-4-6-11(7-10)14-9(2)8-12/h4-7,9H,3,8,12H2,1-2H3. The van der Waals surface area contributed by atoms with Gasteiger partial charge >= 0.3 is 0 Å². The Hall–Kier alpha value is -1.22. The van der Waals surface area contributed by atoms with E-state index in [0.717, 1.165) is 11.5 Å². The largest absolute Gasteiger partial charge is 0.494 e. The minimum atomic E-state index is 0.0341. The van der Waals surface area contributed by atoms with Crippen molar-refractivity contribution in [2.24, 2.45) is 5.73 Å². The zero-order valence-corrected chi connectivity index (χ0v) is 8.69. The molecular formula is C11H17NO2. The van der Waals surface area contributed by atoms with Gasteiger partial charge in [0.2, 0.25) is 0 Å². The number of ether oxygens (including phenoxy) is 2. The first-order valence-corrected chi connectivity index (χ1v) is 4.85. The maximum absolute atomic E-state index is 5.55. The van der Waals surface area contributed by atoms with Crippen molar-refractivity contribution in [3.8, 4) is 11.5 Å². The van der Waals surface area contributed by atoms with Gasteiger partial charge in [0, 0.05) is 12.6 Å². The molecule has 0 bridgehead atoms. The highest BCUT2D eigenvalue weighted by molar-refractivity contribution is 5.33. The summed E-state index contributed by atoms with van der Waals surface area (Å²) in [6, 6.07) is 7.58. The van der Waals surface area contributed by atoms with Crippen LogP contribution >= 0.6 is 0 Å². The Morgan fingerprint density at radius 2 is 2.07 bits per heavy atom. The molecule has 0 aliphatic carbocycles. The third-order valence-corrected chi connectivity index (χ3v) is 1.79. The van der Waals surface area contributed by atoms with Crippen molar-refractivity contribution in [1.29, 1.82) is 0 Å². The third kappa shape index (κ3) is 3.26. The molecule has 3 heteroatoms. The number of benzene rings is 1. The Morgan fingerprint density at radius 3 is 2.71 bits per heavy atom. The molecule has 14 heavy (non-hydrogen) atoms. The van der Waals surface area contributed by atoms with Crippen LogP contribution in [0.5, 0.6) is 11.5 Å². The van der Waals surface area contributed by atoms with Crippen molar-refractivity contribution in [2.45, 2.75) is 20.0 Å². The van der Waals surface area contributed by atoms with Crippen LogP contribution in [0.3, 0.4) is 0 Å². The van der Waals surface area contributed by atoms with Crippen molar-refractivity contribution < 1.29 is 9.47 Å². The summed E-state index contributed by atoms with van der Waals surface area (Å²) in [6.45, 7) is 5.07. The Bertz CT molecular complexity index is 276. The summed E-state index contributed by atoms with van der Waals surface area (Å²) in [7, 11) is 0. The van der Waals surface area contributed by atoms with Crippen LogP contribution in [-0.4, -0.2) is 19.3 Å². The molecule has 3 nitrogen and oxygen atoms in total. The molecule has 0 saturated heterocycles. The Balaban J connectivity index is 2.63. The highest BCUT2D eigenvalue weighted by atomic mass is 16.5. The van der Waals surface area contributed by atoms with Gasteiger partial charge in [-0.15, -0.1) is 0 Å². The quantitative estimate of drug-likeness (QED) is 0.779. The van der Waals surface area contributed by atoms with Crippen molar-refractivity contribution >= 4 is 0 Å². The molecule has 0 spiro atoms. The van der Waals surface area contributed by atoms with Crippen LogP contribution in [-0.2, 0) is 0 Å². The van der Waals surface area contributed by atoms with E-state index in [1.54, 1.807) is 0 Å². The predicted octanol–water partition coefficient (Wildman–Crippen LogP) is 1.81. The minimum Gasteiger partial charge on any atom is -0.494 e. The normalized spacial score (nSPS) is 12.2. The van der Waals surface area contributed by atoms with Crippen LogP contribution in [0.1, 0.15) is 13.8 Å². The predicted molar refractivity (Wildman–Crippen MR) is 56.8 cm³/mol. The number of rotatable bonds is 5. The molecule has 0 amide bonds. The molecule has 1 atom stereocenters. The SMILES string of the molecule is CCOc1cccc(OC(C)CN)c1. The molecule has 0 fully saturated rings. The van der Waals surface area contributed by atoms with E-state index >= 15 is 0 Å². The summed E-state index contributed by atoms with van der Waals surface area (Å²) in [5.74, 6) is 1.63. The van der Waals surface area contributed by atoms with Crippen molar-refractivity contribution in [1.82, 2.24) is 0 Å². The van der Waals surface area contributed by atoms with E-state index in [-0.39, 0.29) is 6.10 Å². The van der Waals surface area contributed by atoms with Gasteiger partial charge in [-0.1, -0.05) is 6.07 Å². The van der Waals surface area contributed by atoms with Crippen molar-refractivity contribution in [3.05, 3.63) is 24.3 Å². The average molecular weight is 195 g/mol. The van der Waals surface area contributed by atoms with Gasteiger partial charge < -0.3 is 15.2 Å². The highest BCUT2D eigenvalue weighted by Gasteiger charge is 2.01. The average Bonchev–Trinajstić information content (AvgIpc) is 2.19. The molecule has 0 aliphatic heterocycles. The van der Waals surface area contributed by atoms with Gasteiger partial charge in [0.25, 0.3) is 0 Å². The highest BCUT2D eigenvalue weighted by Crippen LogP contribution is 2.20. The summed E-state index contributed by atoms with van der Waals surface area (Å²) in [5.41, 5.74) is 5.46. The lowest BCUT2D eigenvalue weighted by Crippen LogP contribution is -2.22. The minimum absolute atomic E-state index is 0.0341. The van der Waals surface area contributed by atoms with E-state index in [1.165, 1.54) is 0 Å². The number of hydrogen-bond acceptors (Lipinski definition) is 3. The molecule has 2 N–H and O–H groups in total. The van der Waals surface area contributed by atoms with E-state index in [4.69, 9.17) is 15.2 Å². The van der Waals surface area contributed by atoms with Crippen LogP contribution in [0.2, 0.25) is 0 Å². The fraction of sp³-hybridized carbons (Fsp3) is 0.455. The first kappa shape index (κ1) is 10.9. The van der Waals surface area contributed by atoms with E-state index in [0.29, 0.717) is 13.2 Å². The van der Waals surface area contributed by atoms with E-state index < -0.39 is 0 Å². The Labute approximate surface area is 84.8 Å². The second kappa shape index (κ2) is 5.50. The van der Waals surface area contributed by atoms with Crippen molar-refractivity contribution in [2.75, 3.05) is 13.2 Å². The smallest absolute Gasteiger partial charge is 0.123 e. The summed E-state index contributed by atoms with van der Waals surface area (Å²) in [5, 5.41) is 0. The van der Waals surface area contributed by atoms with Gasteiger partial charge in [-0.2, -0.15) is 0 Å². The topological polar surface area (TPSA) is 44.5 Å². The summed E-state index contributed by atoms with van der Waals surface area (Å²) in [6.07, 6.45) is 0.0341. The lowest BCUT2D eigenvalue weighted by atomic mass is 10.3. The molecule has 0 heterocycles. The summed E-state index contributed by atoms with van der Waals surface area (Å²) >= 11 is 0. The summed E-state index contributed by atoms with van der Waals surface area (Å²) < 4.78 is 10.9. The van der Waals surface area contributed by atoms with Gasteiger partial charge in [0.15, 0.2) is 0 Å². The number of nitrogens with two attached hydrogens (primary N) is 1. The first-order valence-electron chi connectivity index (χ1n) is 4.85. The molecule has 1 unspecified atom stereocenters. The van der Waals surface area contributed by atoms with Crippen LogP contribution in [0.4, 0.5) is 0 Å². The number of hydrogen-bond donors (Lipinski definition) is 1. The molecule has 0 aliphatic rings. The molecule has 0 radical (unpaired) electrons. The van der Waals surface area contributed by atoms with Gasteiger partial charge in [-0.05, 0) is 26.0 Å². The molecular weight excluding hydrogens is 178 g/mol. The second-order valence-electron chi connectivity index (χ2n) is 3.07. The van der Waals surface area contributed by atoms with Crippen LogP contribution in [0.15, 0.2) is 24.3 Å². The fourth-order valence-corrected chi connectivity index (χ4v) is 1.08. The third-order valence-electron chi connectivity index (χ3n) is 1.79. The van der Waals surface area contributed by atoms with Crippen LogP contribution in [0.25, 0.3) is 0 Å². The van der Waals surface area contributed by atoms with Crippen LogP contribution in [0, 0.1) is 0 Å². The van der Waals surface area contributed by atoms with Gasteiger partial charge in [-0.3, -0.25) is 0 Å². The molecule has 0 saturated carbocycles. The fourth-order valence-electron chi connectivity index (χ4n) is 1.08. The molecule has 0 aromatic heterocycles. The van der Waals surface area contributed by atoms with E-state index in [1.807, 2.05) is 38.1 Å². The zero-order chi connectivity index (χ0) is 10.4. The lowest BCUT2D eigenvalue weighted by Gasteiger charge is -2.13.